The number of hydrogen-bond donors (Lipinski definition) is 2. The summed E-state index contributed by atoms with van der Waals surface area (Å²) >= 11 is 0. The predicted molar refractivity (Wildman–Crippen MR) is 89.0 cm³/mol. The third-order valence-corrected chi connectivity index (χ3v) is 4.11. The molecule has 1 aromatic carbocycles. The SMILES string of the molecule is Cc1cccc(OCC(O)CN2C(=O)NC(C)(c3ccco3)C2=O)c1. The van der Waals surface area contributed by atoms with Crippen molar-refractivity contribution < 1.29 is 23.8 Å². The van der Waals surface area contributed by atoms with E-state index in [2.05, 4.69) is 5.32 Å². The lowest BCUT2D eigenvalue weighted by molar-refractivity contribution is -0.132. The van der Waals surface area contributed by atoms with Crippen molar-refractivity contribution in [2.24, 2.45) is 0 Å². The zero-order valence-corrected chi connectivity index (χ0v) is 14.1. The highest BCUT2D eigenvalue weighted by Gasteiger charge is 2.51. The molecule has 0 radical (unpaired) electrons. The van der Waals surface area contributed by atoms with Crippen molar-refractivity contribution >= 4 is 11.9 Å². The molecule has 1 aliphatic heterocycles. The predicted octanol–water partition coefficient (Wildman–Crippen LogP) is 1.79. The van der Waals surface area contributed by atoms with Gasteiger partial charge in [0.25, 0.3) is 5.91 Å². The maximum absolute atomic E-state index is 12.6. The van der Waals surface area contributed by atoms with Crippen LogP contribution < -0.4 is 10.1 Å². The van der Waals surface area contributed by atoms with Crippen LogP contribution in [0.25, 0.3) is 0 Å². The van der Waals surface area contributed by atoms with Crippen molar-refractivity contribution in [3.8, 4) is 5.75 Å². The van der Waals surface area contributed by atoms with Gasteiger partial charge in [0.2, 0.25) is 0 Å². The second-order valence-corrected chi connectivity index (χ2v) is 6.23. The number of aliphatic hydroxyl groups is 1. The van der Waals surface area contributed by atoms with Crippen LogP contribution >= 0.6 is 0 Å². The van der Waals surface area contributed by atoms with Gasteiger partial charge in [0.15, 0.2) is 5.54 Å². The number of nitrogens with zero attached hydrogens (tertiary/aromatic N) is 1. The number of furan rings is 1. The van der Waals surface area contributed by atoms with Crippen LogP contribution in [0, 0.1) is 6.92 Å². The van der Waals surface area contributed by atoms with E-state index in [1.807, 2.05) is 25.1 Å². The zero-order valence-electron chi connectivity index (χ0n) is 14.1. The Bertz CT molecular complexity index is 774. The minimum absolute atomic E-state index is 0.0298. The third kappa shape index (κ3) is 3.36. The standard InChI is InChI=1S/C18H20N2O5/c1-12-5-3-6-14(9-12)25-11-13(21)10-20-16(22)18(2,19-17(20)23)15-7-4-8-24-15/h3-9,13,21H,10-11H2,1-2H3,(H,19,23). The zero-order chi connectivity index (χ0) is 18.0. The number of carbonyl (C=O) groups is 2. The number of ether oxygens (including phenoxy) is 1. The van der Waals surface area contributed by atoms with Crippen molar-refractivity contribution in [1.82, 2.24) is 10.2 Å². The van der Waals surface area contributed by atoms with Gasteiger partial charge in [0.1, 0.15) is 24.2 Å². The first-order valence-corrected chi connectivity index (χ1v) is 7.96. The van der Waals surface area contributed by atoms with Crippen LogP contribution in [0.3, 0.4) is 0 Å². The van der Waals surface area contributed by atoms with Gasteiger partial charge in [-0.1, -0.05) is 12.1 Å². The van der Waals surface area contributed by atoms with Crippen molar-refractivity contribution in [3.05, 3.63) is 54.0 Å². The van der Waals surface area contributed by atoms with Crippen molar-refractivity contribution in [1.29, 1.82) is 0 Å². The fourth-order valence-electron chi connectivity index (χ4n) is 2.75. The molecule has 3 amide bonds. The molecule has 0 spiro atoms. The molecule has 3 rings (SSSR count). The van der Waals surface area contributed by atoms with E-state index >= 15 is 0 Å². The summed E-state index contributed by atoms with van der Waals surface area (Å²) in [6.45, 7) is 3.32. The maximum Gasteiger partial charge on any atom is 0.325 e. The van der Waals surface area contributed by atoms with Crippen LogP contribution in [-0.4, -0.2) is 41.2 Å². The van der Waals surface area contributed by atoms with E-state index in [1.165, 1.54) is 6.26 Å². The van der Waals surface area contributed by atoms with E-state index in [0.29, 0.717) is 11.5 Å². The number of aryl methyl sites for hydroxylation is 1. The van der Waals surface area contributed by atoms with Crippen molar-refractivity contribution in [2.75, 3.05) is 13.2 Å². The first-order chi connectivity index (χ1) is 11.9. The van der Waals surface area contributed by atoms with Crippen molar-refractivity contribution in [2.45, 2.75) is 25.5 Å². The van der Waals surface area contributed by atoms with E-state index in [1.54, 1.807) is 25.1 Å². The Hall–Kier alpha value is -2.80. The lowest BCUT2D eigenvalue weighted by Gasteiger charge is -2.20. The lowest BCUT2D eigenvalue weighted by Crippen LogP contribution is -2.42. The molecule has 2 unspecified atom stereocenters. The highest BCUT2D eigenvalue weighted by molar-refractivity contribution is 6.06. The van der Waals surface area contributed by atoms with E-state index < -0.39 is 23.6 Å². The number of imide groups is 1. The van der Waals surface area contributed by atoms with Gasteiger partial charge in [0, 0.05) is 0 Å². The molecule has 2 heterocycles. The summed E-state index contributed by atoms with van der Waals surface area (Å²) in [4.78, 5) is 25.8. The molecule has 1 saturated heterocycles. The molecule has 132 valence electrons. The molecule has 1 aliphatic rings. The van der Waals surface area contributed by atoms with E-state index in [9.17, 15) is 14.7 Å². The molecule has 7 nitrogen and oxygen atoms in total. The topological polar surface area (TPSA) is 92.0 Å². The lowest BCUT2D eigenvalue weighted by atomic mass is 9.99. The number of aliphatic hydroxyl groups excluding tert-OH is 1. The number of carbonyl (C=O) groups excluding carboxylic acids is 2. The second kappa shape index (κ2) is 6.60. The Labute approximate surface area is 145 Å². The monoisotopic (exact) mass is 344 g/mol. The molecule has 2 aromatic rings. The van der Waals surface area contributed by atoms with Gasteiger partial charge in [-0.15, -0.1) is 0 Å². The summed E-state index contributed by atoms with van der Waals surface area (Å²) in [5, 5.41) is 12.8. The van der Waals surface area contributed by atoms with Crippen LogP contribution in [0.4, 0.5) is 4.79 Å². The Kier molecular flexibility index (Phi) is 4.50. The van der Waals surface area contributed by atoms with Crippen LogP contribution in [0.5, 0.6) is 5.75 Å². The van der Waals surface area contributed by atoms with Gasteiger partial charge in [-0.2, -0.15) is 0 Å². The van der Waals surface area contributed by atoms with Gasteiger partial charge < -0.3 is 19.6 Å². The van der Waals surface area contributed by atoms with Crippen LogP contribution in [0.15, 0.2) is 47.1 Å². The number of hydrogen-bond acceptors (Lipinski definition) is 5. The summed E-state index contributed by atoms with van der Waals surface area (Å²) in [7, 11) is 0. The third-order valence-electron chi connectivity index (χ3n) is 4.11. The van der Waals surface area contributed by atoms with E-state index in [-0.39, 0.29) is 13.2 Å². The van der Waals surface area contributed by atoms with Crippen LogP contribution in [0.2, 0.25) is 0 Å². The summed E-state index contributed by atoms with van der Waals surface area (Å²) in [5.41, 5.74) is -0.229. The van der Waals surface area contributed by atoms with E-state index in [4.69, 9.17) is 9.15 Å². The number of benzene rings is 1. The number of nitrogens with one attached hydrogen (secondary N) is 1. The van der Waals surface area contributed by atoms with Gasteiger partial charge in [-0.3, -0.25) is 9.69 Å². The molecule has 7 heteroatoms. The van der Waals surface area contributed by atoms with Gasteiger partial charge in [0.05, 0.1) is 12.8 Å². The van der Waals surface area contributed by atoms with Gasteiger partial charge >= 0.3 is 6.03 Å². The maximum atomic E-state index is 12.6. The molecule has 1 fully saturated rings. The summed E-state index contributed by atoms with van der Waals surface area (Å²) in [6.07, 6.45) is 0.432. The molecular formula is C18H20N2O5. The Morgan fingerprint density at radius 3 is 2.80 bits per heavy atom. The minimum atomic E-state index is -1.27. The molecule has 25 heavy (non-hydrogen) atoms. The quantitative estimate of drug-likeness (QED) is 0.780. The van der Waals surface area contributed by atoms with Gasteiger partial charge in [-0.05, 0) is 43.7 Å². The normalized spacial score (nSPS) is 21.3. The number of rotatable bonds is 6. The Morgan fingerprint density at radius 1 is 1.32 bits per heavy atom. The van der Waals surface area contributed by atoms with Gasteiger partial charge in [-0.25, -0.2) is 4.79 Å². The van der Waals surface area contributed by atoms with Crippen molar-refractivity contribution in [3.63, 3.8) is 0 Å². The molecule has 2 atom stereocenters. The smallest absolute Gasteiger partial charge is 0.325 e. The Balaban J connectivity index is 1.62. The van der Waals surface area contributed by atoms with Crippen LogP contribution in [0.1, 0.15) is 18.2 Å². The highest BCUT2D eigenvalue weighted by Crippen LogP contribution is 2.29. The number of β-amino-alcohol motifs (C(OH)–C–C–N with tert-alkyl or cyclic N) is 1. The minimum Gasteiger partial charge on any atom is -0.491 e. The summed E-state index contributed by atoms with van der Waals surface area (Å²) in [6, 6.07) is 10.1. The average Bonchev–Trinajstić information content (AvgIpc) is 3.18. The molecule has 2 N–H and O–H groups in total. The largest absolute Gasteiger partial charge is 0.491 e. The first-order valence-electron chi connectivity index (χ1n) is 7.96. The molecular weight excluding hydrogens is 324 g/mol. The summed E-state index contributed by atoms with van der Waals surface area (Å²) < 4.78 is 10.8. The Morgan fingerprint density at radius 2 is 2.12 bits per heavy atom. The second-order valence-electron chi connectivity index (χ2n) is 6.23. The average molecular weight is 344 g/mol. The number of amides is 3. The van der Waals surface area contributed by atoms with E-state index in [0.717, 1.165) is 10.5 Å². The number of urea groups is 1. The highest BCUT2D eigenvalue weighted by atomic mass is 16.5. The fraction of sp³-hybridized carbons (Fsp3) is 0.333. The fourth-order valence-corrected chi connectivity index (χ4v) is 2.75. The first kappa shape index (κ1) is 17.0. The van der Waals surface area contributed by atoms with Crippen LogP contribution in [-0.2, 0) is 10.3 Å². The molecule has 1 aromatic heterocycles. The molecule has 0 saturated carbocycles. The molecule has 0 aliphatic carbocycles. The molecule has 0 bridgehead atoms. The summed E-state index contributed by atoms with van der Waals surface area (Å²) in [5.74, 6) is 0.498.